The molecule has 0 amide bonds. The zero-order valence-electron chi connectivity index (χ0n) is 11.6. The van der Waals surface area contributed by atoms with Crippen LogP contribution in [0, 0.1) is 12.8 Å². The van der Waals surface area contributed by atoms with E-state index < -0.39 is 16.1 Å². The van der Waals surface area contributed by atoms with Crippen LogP contribution in [0.15, 0.2) is 11.2 Å². The third-order valence-corrected chi connectivity index (χ3v) is 5.51. The molecule has 0 radical (unpaired) electrons. The van der Waals surface area contributed by atoms with Crippen molar-refractivity contribution in [2.45, 2.75) is 44.9 Å². The topological polar surface area (TPSA) is 75.4 Å². The Morgan fingerprint density at radius 2 is 2.26 bits per heavy atom. The predicted molar refractivity (Wildman–Crippen MR) is 71.2 cm³/mol. The predicted octanol–water partition coefficient (Wildman–Crippen LogP) is 0.603. The van der Waals surface area contributed by atoms with E-state index in [1.54, 1.807) is 20.0 Å². The number of aryl methyl sites for hydroxylation is 2. The highest BCUT2D eigenvalue weighted by Gasteiger charge is 2.35. The summed E-state index contributed by atoms with van der Waals surface area (Å²) < 4.78 is 28.1. The normalized spacial score (nSPS) is 22.8. The molecule has 1 aromatic heterocycles. The molecule has 0 aromatic carbocycles. The molecule has 1 aliphatic heterocycles. The van der Waals surface area contributed by atoms with Gasteiger partial charge in [0.15, 0.2) is 5.03 Å². The highest BCUT2D eigenvalue weighted by Crippen LogP contribution is 2.25. The zero-order chi connectivity index (χ0) is 14.2. The van der Waals surface area contributed by atoms with E-state index >= 15 is 0 Å². The first kappa shape index (κ1) is 14.5. The standard InChI is InChI=1S/C12H21N3O3S/c1-4-14-8-12(13-10(14)3)19(17,18)15-6-5-11(7-15)9(2)16/h8-9,11,16H,4-7H2,1-3H3. The number of hydrogen-bond acceptors (Lipinski definition) is 4. The lowest BCUT2D eigenvalue weighted by atomic mass is 10.0. The van der Waals surface area contributed by atoms with E-state index in [4.69, 9.17) is 0 Å². The monoisotopic (exact) mass is 287 g/mol. The molecule has 2 unspecified atom stereocenters. The Bertz CT molecular complexity index is 551. The van der Waals surface area contributed by atoms with Crippen LogP contribution in [0.2, 0.25) is 0 Å². The third kappa shape index (κ3) is 2.68. The largest absolute Gasteiger partial charge is 0.393 e. The lowest BCUT2D eigenvalue weighted by molar-refractivity contribution is 0.133. The van der Waals surface area contributed by atoms with Gasteiger partial charge in [0.25, 0.3) is 10.0 Å². The van der Waals surface area contributed by atoms with Gasteiger partial charge in [0, 0.05) is 25.8 Å². The van der Waals surface area contributed by atoms with Crippen LogP contribution in [0.4, 0.5) is 0 Å². The van der Waals surface area contributed by atoms with Gasteiger partial charge in [-0.1, -0.05) is 0 Å². The molecule has 2 atom stereocenters. The maximum atomic E-state index is 12.5. The summed E-state index contributed by atoms with van der Waals surface area (Å²) in [6.07, 6.45) is 1.81. The fourth-order valence-electron chi connectivity index (χ4n) is 2.42. The van der Waals surface area contributed by atoms with E-state index in [0.29, 0.717) is 31.9 Å². The minimum atomic E-state index is -3.53. The first-order valence-electron chi connectivity index (χ1n) is 6.58. The molecule has 1 aromatic rings. The molecule has 2 heterocycles. The molecule has 7 heteroatoms. The highest BCUT2D eigenvalue weighted by atomic mass is 32.2. The van der Waals surface area contributed by atoms with Crippen molar-refractivity contribution in [3.8, 4) is 0 Å². The van der Waals surface area contributed by atoms with E-state index in [2.05, 4.69) is 4.98 Å². The quantitative estimate of drug-likeness (QED) is 0.880. The Hall–Kier alpha value is -0.920. The average Bonchev–Trinajstić information content (AvgIpc) is 2.95. The molecule has 1 aliphatic rings. The van der Waals surface area contributed by atoms with Crippen molar-refractivity contribution in [1.82, 2.24) is 13.9 Å². The van der Waals surface area contributed by atoms with E-state index in [1.165, 1.54) is 4.31 Å². The fraction of sp³-hybridized carbons (Fsp3) is 0.750. The lowest BCUT2D eigenvalue weighted by Crippen LogP contribution is -2.30. The van der Waals surface area contributed by atoms with Gasteiger partial charge in [-0.15, -0.1) is 0 Å². The number of aliphatic hydroxyl groups is 1. The Labute approximate surface area is 114 Å². The van der Waals surface area contributed by atoms with Crippen LogP contribution in [-0.2, 0) is 16.6 Å². The van der Waals surface area contributed by atoms with Crippen molar-refractivity contribution < 1.29 is 13.5 Å². The maximum Gasteiger partial charge on any atom is 0.262 e. The average molecular weight is 287 g/mol. The Morgan fingerprint density at radius 3 is 2.74 bits per heavy atom. The summed E-state index contributed by atoms with van der Waals surface area (Å²) in [4.78, 5) is 4.14. The second-order valence-electron chi connectivity index (χ2n) is 5.06. The van der Waals surface area contributed by atoms with Crippen LogP contribution < -0.4 is 0 Å². The number of sulfonamides is 1. The van der Waals surface area contributed by atoms with E-state index in [1.807, 2.05) is 11.5 Å². The molecule has 1 fully saturated rings. The first-order chi connectivity index (χ1) is 8.86. The maximum absolute atomic E-state index is 12.5. The van der Waals surface area contributed by atoms with Gasteiger partial charge in [-0.3, -0.25) is 0 Å². The van der Waals surface area contributed by atoms with Gasteiger partial charge in [-0.2, -0.15) is 4.31 Å². The van der Waals surface area contributed by atoms with Crippen LogP contribution in [0.1, 0.15) is 26.1 Å². The molecule has 108 valence electrons. The first-order valence-corrected chi connectivity index (χ1v) is 8.02. The molecule has 0 aliphatic carbocycles. The van der Waals surface area contributed by atoms with E-state index in [9.17, 15) is 13.5 Å². The molecule has 0 spiro atoms. The van der Waals surface area contributed by atoms with Gasteiger partial charge in [0.2, 0.25) is 0 Å². The highest BCUT2D eigenvalue weighted by molar-refractivity contribution is 7.89. The molecule has 1 N–H and O–H groups in total. The minimum Gasteiger partial charge on any atom is -0.393 e. The summed E-state index contributed by atoms with van der Waals surface area (Å²) >= 11 is 0. The van der Waals surface area contributed by atoms with Crippen molar-refractivity contribution in [2.75, 3.05) is 13.1 Å². The SMILES string of the molecule is CCn1cc(S(=O)(=O)N2CCC(C(C)O)C2)nc1C. The van der Waals surface area contributed by atoms with Crippen molar-refractivity contribution in [3.05, 3.63) is 12.0 Å². The molecular weight excluding hydrogens is 266 g/mol. The van der Waals surface area contributed by atoms with Crippen LogP contribution >= 0.6 is 0 Å². The summed E-state index contributed by atoms with van der Waals surface area (Å²) in [5.41, 5.74) is 0. The Morgan fingerprint density at radius 1 is 1.58 bits per heavy atom. The molecular formula is C12H21N3O3S. The smallest absolute Gasteiger partial charge is 0.262 e. The number of rotatable bonds is 4. The van der Waals surface area contributed by atoms with Gasteiger partial charge in [-0.25, -0.2) is 13.4 Å². The number of imidazole rings is 1. The molecule has 1 saturated heterocycles. The van der Waals surface area contributed by atoms with Gasteiger partial charge in [-0.05, 0) is 33.1 Å². The number of aromatic nitrogens is 2. The fourth-order valence-corrected chi connectivity index (χ4v) is 3.93. The summed E-state index contributed by atoms with van der Waals surface area (Å²) in [6, 6.07) is 0. The van der Waals surface area contributed by atoms with Gasteiger partial charge in [0.1, 0.15) is 5.82 Å². The number of aliphatic hydroxyl groups excluding tert-OH is 1. The van der Waals surface area contributed by atoms with Crippen LogP contribution in [0.3, 0.4) is 0 Å². The van der Waals surface area contributed by atoms with Crippen molar-refractivity contribution in [1.29, 1.82) is 0 Å². The second-order valence-corrected chi connectivity index (χ2v) is 6.95. The zero-order valence-corrected chi connectivity index (χ0v) is 12.4. The Kier molecular flexibility index (Phi) is 3.98. The molecule has 0 bridgehead atoms. The van der Waals surface area contributed by atoms with Crippen LogP contribution in [0.25, 0.3) is 0 Å². The molecule has 6 nitrogen and oxygen atoms in total. The Balaban J connectivity index is 2.23. The molecule has 2 rings (SSSR count). The van der Waals surface area contributed by atoms with E-state index in [0.717, 1.165) is 0 Å². The number of nitrogens with zero attached hydrogens (tertiary/aromatic N) is 3. The lowest BCUT2D eigenvalue weighted by Gasteiger charge is -2.16. The summed E-state index contributed by atoms with van der Waals surface area (Å²) in [6.45, 7) is 6.98. The van der Waals surface area contributed by atoms with E-state index in [-0.39, 0.29) is 10.9 Å². The van der Waals surface area contributed by atoms with Crippen LogP contribution in [0.5, 0.6) is 0 Å². The minimum absolute atomic E-state index is 0.0177. The van der Waals surface area contributed by atoms with Crippen molar-refractivity contribution in [3.63, 3.8) is 0 Å². The summed E-state index contributed by atoms with van der Waals surface area (Å²) in [7, 11) is -3.53. The summed E-state index contributed by atoms with van der Waals surface area (Å²) in [5.74, 6) is 0.719. The van der Waals surface area contributed by atoms with Crippen molar-refractivity contribution >= 4 is 10.0 Å². The van der Waals surface area contributed by atoms with Crippen molar-refractivity contribution in [2.24, 2.45) is 5.92 Å². The van der Waals surface area contributed by atoms with Gasteiger partial charge < -0.3 is 9.67 Å². The van der Waals surface area contributed by atoms with Gasteiger partial charge >= 0.3 is 0 Å². The third-order valence-electron chi connectivity index (χ3n) is 3.77. The second kappa shape index (κ2) is 5.22. The van der Waals surface area contributed by atoms with Gasteiger partial charge in [0.05, 0.1) is 6.10 Å². The molecule has 19 heavy (non-hydrogen) atoms. The van der Waals surface area contributed by atoms with Crippen LogP contribution in [-0.4, -0.2) is 46.6 Å². The summed E-state index contributed by atoms with van der Waals surface area (Å²) in [5, 5.41) is 9.66. The molecule has 0 saturated carbocycles. The number of hydrogen-bond donors (Lipinski definition) is 1.